The number of benzene rings is 3. The minimum absolute atomic E-state index is 0.0243. The van der Waals surface area contributed by atoms with Gasteiger partial charge in [-0.1, -0.05) is 87.5 Å². The van der Waals surface area contributed by atoms with Gasteiger partial charge in [-0.05, 0) is 45.7 Å². The van der Waals surface area contributed by atoms with Gasteiger partial charge in [0.25, 0.3) is 5.91 Å². The van der Waals surface area contributed by atoms with E-state index in [4.69, 9.17) is 0 Å². The Kier molecular flexibility index (Phi) is 8.34. The Hall–Kier alpha value is -3.49. The van der Waals surface area contributed by atoms with E-state index in [2.05, 4.69) is 67.1 Å². The summed E-state index contributed by atoms with van der Waals surface area (Å²) in [6.07, 6.45) is -3.58. The molecule has 214 valence electrons. The highest BCUT2D eigenvalue weighted by Crippen LogP contribution is 2.30. The summed E-state index contributed by atoms with van der Waals surface area (Å²) in [7, 11) is 0. The Balaban J connectivity index is 1.34. The van der Waals surface area contributed by atoms with Crippen LogP contribution in [0.3, 0.4) is 0 Å². The van der Waals surface area contributed by atoms with E-state index in [1.54, 1.807) is 11.4 Å². The van der Waals surface area contributed by atoms with Crippen molar-refractivity contribution in [3.05, 3.63) is 122 Å². The van der Waals surface area contributed by atoms with Gasteiger partial charge in [0.1, 0.15) is 10.7 Å². The van der Waals surface area contributed by atoms with E-state index in [9.17, 15) is 18.0 Å². The van der Waals surface area contributed by atoms with E-state index in [0.717, 1.165) is 28.6 Å². The van der Waals surface area contributed by atoms with Gasteiger partial charge in [0, 0.05) is 31.6 Å². The van der Waals surface area contributed by atoms with Crippen molar-refractivity contribution in [2.24, 2.45) is 0 Å². The minimum Gasteiger partial charge on any atom is -0.333 e. The Morgan fingerprint density at radius 1 is 0.878 bits per heavy atom. The molecule has 1 aliphatic heterocycles. The standard InChI is InChI=1S/C33H34F3N3OS/c1-32(2,3)27-13-11-23(12-14-27)18-38(19-24-7-6-10-28(17-24)33(34,35)36)21-30-37-29(22-41-30)31(40)39-16-15-25-8-4-5-9-26(25)20-39/h4-14,17,22H,15-16,18-21H2,1-3H3. The van der Waals surface area contributed by atoms with Gasteiger partial charge in [-0.3, -0.25) is 9.69 Å². The Bertz CT molecular complexity index is 1510. The minimum atomic E-state index is -4.40. The molecule has 4 aromatic rings. The molecule has 0 atom stereocenters. The highest BCUT2D eigenvalue weighted by atomic mass is 32.1. The van der Waals surface area contributed by atoms with Crippen molar-refractivity contribution in [3.63, 3.8) is 0 Å². The average Bonchev–Trinajstić information content (AvgIpc) is 3.40. The number of fused-ring (bicyclic) bond motifs is 1. The largest absolute Gasteiger partial charge is 0.416 e. The third-order valence-electron chi connectivity index (χ3n) is 7.43. The molecule has 4 nitrogen and oxygen atoms in total. The van der Waals surface area contributed by atoms with Gasteiger partial charge in [-0.2, -0.15) is 13.2 Å². The Morgan fingerprint density at radius 3 is 2.29 bits per heavy atom. The molecular formula is C33H34F3N3OS. The first-order valence-corrected chi connectivity index (χ1v) is 14.6. The fourth-order valence-corrected chi connectivity index (χ4v) is 5.95. The number of thiazole rings is 1. The normalized spacial score (nSPS) is 13.9. The third kappa shape index (κ3) is 7.24. The van der Waals surface area contributed by atoms with Crippen LogP contribution in [0.4, 0.5) is 13.2 Å². The average molecular weight is 578 g/mol. The van der Waals surface area contributed by atoms with Crippen LogP contribution in [0.1, 0.15) is 69.6 Å². The lowest BCUT2D eigenvalue weighted by Crippen LogP contribution is -2.36. The number of carbonyl (C=O) groups excluding carboxylic acids is 1. The monoisotopic (exact) mass is 577 g/mol. The van der Waals surface area contributed by atoms with Crippen LogP contribution >= 0.6 is 11.3 Å². The molecule has 3 aromatic carbocycles. The molecule has 0 fully saturated rings. The molecule has 1 amide bonds. The zero-order valence-corrected chi connectivity index (χ0v) is 24.4. The summed E-state index contributed by atoms with van der Waals surface area (Å²) in [5.41, 5.74) is 5.07. The van der Waals surface area contributed by atoms with Crippen LogP contribution in [0.2, 0.25) is 0 Å². The van der Waals surface area contributed by atoms with Crippen LogP contribution < -0.4 is 0 Å². The number of hydrogen-bond donors (Lipinski definition) is 0. The number of halogens is 3. The van der Waals surface area contributed by atoms with Gasteiger partial charge in [0.05, 0.1) is 12.1 Å². The van der Waals surface area contributed by atoms with Gasteiger partial charge in [0.2, 0.25) is 0 Å². The lowest BCUT2D eigenvalue weighted by molar-refractivity contribution is -0.137. The van der Waals surface area contributed by atoms with Crippen LogP contribution in [-0.4, -0.2) is 27.2 Å². The molecule has 41 heavy (non-hydrogen) atoms. The summed E-state index contributed by atoms with van der Waals surface area (Å²) < 4.78 is 40.2. The van der Waals surface area contributed by atoms with Crippen molar-refractivity contribution in [2.75, 3.05) is 6.54 Å². The molecule has 0 saturated heterocycles. The summed E-state index contributed by atoms with van der Waals surface area (Å²) in [4.78, 5) is 21.9. The maximum Gasteiger partial charge on any atom is 0.416 e. The van der Waals surface area contributed by atoms with Crippen molar-refractivity contribution in [3.8, 4) is 0 Å². The van der Waals surface area contributed by atoms with Crippen molar-refractivity contribution in [2.45, 2.75) is 65.0 Å². The second-order valence-electron chi connectivity index (χ2n) is 11.7. The van der Waals surface area contributed by atoms with E-state index >= 15 is 0 Å². The van der Waals surface area contributed by atoms with E-state index in [1.165, 1.54) is 34.6 Å². The Morgan fingerprint density at radius 2 is 1.59 bits per heavy atom. The predicted octanol–water partition coefficient (Wildman–Crippen LogP) is 7.86. The maximum absolute atomic E-state index is 13.4. The first kappa shape index (κ1) is 29.0. The second-order valence-corrected chi connectivity index (χ2v) is 12.6. The van der Waals surface area contributed by atoms with Crippen LogP contribution in [0.15, 0.2) is 78.2 Å². The smallest absolute Gasteiger partial charge is 0.333 e. The molecule has 0 N–H and O–H groups in total. The molecular weight excluding hydrogens is 543 g/mol. The number of aromatic nitrogens is 1. The van der Waals surface area contributed by atoms with Gasteiger partial charge in [-0.15, -0.1) is 11.3 Å². The zero-order chi connectivity index (χ0) is 29.2. The van der Waals surface area contributed by atoms with Crippen LogP contribution in [0.5, 0.6) is 0 Å². The molecule has 0 radical (unpaired) electrons. The highest BCUT2D eigenvalue weighted by molar-refractivity contribution is 7.09. The summed E-state index contributed by atoms with van der Waals surface area (Å²) in [5.74, 6) is -0.0933. The first-order chi connectivity index (χ1) is 19.5. The number of amides is 1. The van der Waals surface area contributed by atoms with Gasteiger partial charge in [-0.25, -0.2) is 4.98 Å². The van der Waals surface area contributed by atoms with E-state index in [1.807, 2.05) is 17.0 Å². The molecule has 5 rings (SSSR count). The third-order valence-corrected chi connectivity index (χ3v) is 8.27. The predicted molar refractivity (Wildman–Crippen MR) is 157 cm³/mol. The fraction of sp³-hybridized carbons (Fsp3) is 0.333. The number of carbonyl (C=O) groups is 1. The number of nitrogens with zero attached hydrogens (tertiary/aromatic N) is 3. The molecule has 0 bridgehead atoms. The molecule has 2 heterocycles. The summed E-state index contributed by atoms with van der Waals surface area (Å²) in [6.45, 7) is 8.95. The topological polar surface area (TPSA) is 36.4 Å². The lowest BCUT2D eigenvalue weighted by Gasteiger charge is -2.28. The maximum atomic E-state index is 13.4. The molecule has 8 heteroatoms. The molecule has 0 aliphatic carbocycles. The van der Waals surface area contributed by atoms with E-state index < -0.39 is 11.7 Å². The fourth-order valence-electron chi connectivity index (χ4n) is 5.14. The number of hydrogen-bond acceptors (Lipinski definition) is 4. The summed E-state index contributed by atoms with van der Waals surface area (Å²) in [6, 6.07) is 22.0. The van der Waals surface area contributed by atoms with Crippen LogP contribution in [-0.2, 0) is 44.2 Å². The van der Waals surface area contributed by atoms with Crippen molar-refractivity contribution < 1.29 is 18.0 Å². The van der Waals surface area contributed by atoms with Gasteiger partial charge < -0.3 is 4.90 Å². The molecule has 1 aliphatic rings. The zero-order valence-electron chi connectivity index (χ0n) is 23.5. The molecule has 0 spiro atoms. The second kappa shape index (κ2) is 11.8. The number of rotatable bonds is 7. The van der Waals surface area contributed by atoms with Gasteiger partial charge in [0.15, 0.2) is 0 Å². The SMILES string of the molecule is CC(C)(C)c1ccc(CN(Cc2cccc(C(F)(F)F)c2)Cc2nc(C(=O)N3CCc4ccccc4C3)cs2)cc1. The van der Waals surface area contributed by atoms with Crippen molar-refractivity contribution >= 4 is 17.2 Å². The first-order valence-electron chi connectivity index (χ1n) is 13.7. The van der Waals surface area contributed by atoms with Gasteiger partial charge >= 0.3 is 6.18 Å². The van der Waals surface area contributed by atoms with E-state index in [0.29, 0.717) is 44.0 Å². The van der Waals surface area contributed by atoms with Crippen LogP contribution in [0, 0.1) is 0 Å². The Labute approximate surface area is 243 Å². The summed E-state index contributed by atoms with van der Waals surface area (Å²) >= 11 is 1.41. The van der Waals surface area contributed by atoms with E-state index in [-0.39, 0.29) is 11.3 Å². The summed E-state index contributed by atoms with van der Waals surface area (Å²) in [5, 5.41) is 2.54. The van der Waals surface area contributed by atoms with Crippen molar-refractivity contribution in [1.82, 2.24) is 14.8 Å². The quantitative estimate of drug-likeness (QED) is 0.224. The highest BCUT2D eigenvalue weighted by Gasteiger charge is 2.30. The van der Waals surface area contributed by atoms with Crippen LogP contribution in [0.25, 0.3) is 0 Å². The molecule has 0 unspecified atom stereocenters. The van der Waals surface area contributed by atoms with Crippen molar-refractivity contribution in [1.29, 1.82) is 0 Å². The molecule has 1 aromatic heterocycles. The molecule has 0 saturated carbocycles. The number of alkyl halides is 3. The lowest BCUT2D eigenvalue weighted by atomic mass is 9.87.